The highest BCUT2D eigenvalue weighted by Crippen LogP contribution is 2.42. The zero-order valence-corrected chi connectivity index (χ0v) is 17.4. The predicted molar refractivity (Wildman–Crippen MR) is 124 cm³/mol. The number of H-pyrrole nitrogens is 1. The number of aliphatic carboxylic acids is 2. The molecule has 8 heteroatoms. The lowest BCUT2D eigenvalue weighted by Crippen LogP contribution is -2.16. The van der Waals surface area contributed by atoms with Crippen molar-refractivity contribution >= 4 is 28.7 Å². The summed E-state index contributed by atoms with van der Waals surface area (Å²) in [6.07, 6.45) is -0.595. The summed E-state index contributed by atoms with van der Waals surface area (Å²) >= 11 is 0. The molecule has 7 N–H and O–H groups in total. The van der Waals surface area contributed by atoms with Gasteiger partial charge in [0.2, 0.25) is 0 Å². The van der Waals surface area contributed by atoms with E-state index in [1.54, 1.807) is 48.5 Å². The lowest BCUT2D eigenvalue weighted by molar-refractivity contribution is -0.145. The standard InChI is InChI=1S/C25H21N3O5/c26-24(27)14-6-7-20-16(8-14)11-21(28-20)19-10-15(18(25(32)33)12-22(29)30)9-17(23(19)31)13-4-2-1-3-5-13/h1-11,18,28,31H,12H2,(H3,26,27)(H,29,30)(H,32,33)/t18-/m1/s1. The molecule has 0 fully saturated rings. The normalized spacial score (nSPS) is 11.9. The first-order valence-electron chi connectivity index (χ1n) is 10.1. The van der Waals surface area contributed by atoms with Crippen LogP contribution in [-0.4, -0.2) is 38.1 Å². The Hall–Kier alpha value is -4.59. The van der Waals surface area contributed by atoms with Crippen LogP contribution in [0.4, 0.5) is 0 Å². The minimum Gasteiger partial charge on any atom is -0.507 e. The Bertz CT molecular complexity index is 1390. The number of amidine groups is 1. The first-order valence-corrected chi connectivity index (χ1v) is 10.1. The van der Waals surface area contributed by atoms with E-state index in [1.807, 2.05) is 6.07 Å². The fourth-order valence-corrected chi connectivity index (χ4v) is 3.87. The molecule has 0 saturated heterocycles. The van der Waals surface area contributed by atoms with Gasteiger partial charge in [-0.05, 0) is 47.5 Å². The molecule has 0 saturated carbocycles. The predicted octanol–water partition coefficient (Wildman–Crippen LogP) is 4.13. The summed E-state index contributed by atoms with van der Waals surface area (Å²) in [5.74, 6) is -3.94. The van der Waals surface area contributed by atoms with Crippen LogP contribution in [0, 0.1) is 5.41 Å². The molecule has 1 aromatic heterocycles. The van der Waals surface area contributed by atoms with E-state index in [9.17, 15) is 24.9 Å². The summed E-state index contributed by atoms with van der Waals surface area (Å²) in [5, 5.41) is 38.5. The number of aromatic hydroxyl groups is 1. The van der Waals surface area contributed by atoms with Gasteiger partial charge in [0.05, 0.1) is 18.0 Å². The zero-order chi connectivity index (χ0) is 23.7. The van der Waals surface area contributed by atoms with Crippen molar-refractivity contribution in [2.75, 3.05) is 0 Å². The van der Waals surface area contributed by atoms with Crippen LogP contribution in [0.2, 0.25) is 0 Å². The van der Waals surface area contributed by atoms with E-state index < -0.39 is 24.3 Å². The number of phenols is 1. The monoisotopic (exact) mass is 443 g/mol. The fourth-order valence-electron chi connectivity index (χ4n) is 3.87. The molecular formula is C25H21N3O5. The minimum atomic E-state index is -1.29. The number of benzene rings is 3. The van der Waals surface area contributed by atoms with Crippen molar-refractivity contribution < 1.29 is 24.9 Å². The number of carbonyl (C=O) groups is 2. The molecule has 0 radical (unpaired) electrons. The largest absolute Gasteiger partial charge is 0.507 e. The molecule has 0 aliphatic heterocycles. The van der Waals surface area contributed by atoms with Gasteiger partial charge in [-0.15, -0.1) is 0 Å². The van der Waals surface area contributed by atoms with Crippen LogP contribution < -0.4 is 5.73 Å². The Labute approximate surface area is 188 Å². The summed E-state index contributed by atoms with van der Waals surface area (Å²) in [6.45, 7) is 0. The molecule has 0 unspecified atom stereocenters. The van der Waals surface area contributed by atoms with Crippen molar-refractivity contribution in [3.05, 3.63) is 77.9 Å². The lowest BCUT2D eigenvalue weighted by atomic mass is 9.89. The van der Waals surface area contributed by atoms with Gasteiger partial charge >= 0.3 is 11.9 Å². The van der Waals surface area contributed by atoms with Crippen molar-refractivity contribution in [3.63, 3.8) is 0 Å². The molecule has 3 aromatic carbocycles. The summed E-state index contributed by atoms with van der Waals surface area (Å²) in [6, 6.07) is 18.9. The van der Waals surface area contributed by atoms with Crippen LogP contribution in [-0.2, 0) is 9.59 Å². The van der Waals surface area contributed by atoms with Gasteiger partial charge in [0.15, 0.2) is 0 Å². The van der Waals surface area contributed by atoms with Crippen molar-refractivity contribution in [2.45, 2.75) is 12.3 Å². The Morgan fingerprint density at radius 1 is 0.970 bits per heavy atom. The van der Waals surface area contributed by atoms with Gasteiger partial charge in [0.25, 0.3) is 0 Å². The van der Waals surface area contributed by atoms with Crippen LogP contribution in [0.5, 0.6) is 5.75 Å². The smallest absolute Gasteiger partial charge is 0.311 e. The van der Waals surface area contributed by atoms with E-state index in [4.69, 9.17) is 11.1 Å². The lowest BCUT2D eigenvalue weighted by Gasteiger charge is -2.16. The van der Waals surface area contributed by atoms with Gasteiger partial charge in [-0.1, -0.05) is 30.3 Å². The summed E-state index contributed by atoms with van der Waals surface area (Å²) in [5.41, 5.74) is 9.03. The quantitative estimate of drug-likeness (QED) is 0.186. The van der Waals surface area contributed by atoms with Crippen molar-refractivity contribution in [1.82, 2.24) is 4.98 Å². The third-order valence-electron chi connectivity index (χ3n) is 5.52. The number of rotatable bonds is 7. The van der Waals surface area contributed by atoms with E-state index in [1.165, 1.54) is 12.1 Å². The van der Waals surface area contributed by atoms with Crippen LogP contribution >= 0.6 is 0 Å². The summed E-state index contributed by atoms with van der Waals surface area (Å²) < 4.78 is 0. The summed E-state index contributed by atoms with van der Waals surface area (Å²) in [7, 11) is 0. The molecule has 33 heavy (non-hydrogen) atoms. The van der Waals surface area contributed by atoms with Gasteiger partial charge < -0.3 is 26.0 Å². The molecule has 1 atom stereocenters. The van der Waals surface area contributed by atoms with Gasteiger partial charge in [0.1, 0.15) is 11.6 Å². The first-order chi connectivity index (χ1) is 15.7. The molecular weight excluding hydrogens is 422 g/mol. The Morgan fingerprint density at radius 2 is 1.67 bits per heavy atom. The van der Waals surface area contributed by atoms with Crippen molar-refractivity contribution in [2.24, 2.45) is 5.73 Å². The van der Waals surface area contributed by atoms with Crippen LogP contribution in [0.25, 0.3) is 33.3 Å². The Kier molecular flexibility index (Phi) is 5.58. The summed E-state index contributed by atoms with van der Waals surface area (Å²) in [4.78, 5) is 26.4. The maximum atomic E-state index is 11.9. The molecule has 0 aliphatic rings. The van der Waals surface area contributed by atoms with E-state index in [-0.39, 0.29) is 17.1 Å². The molecule has 4 aromatic rings. The van der Waals surface area contributed by atoms with E-state index in [0.29, 0.717) is 27.9 Å². The highest BCUT2D eigenvalue weighted by atomic mass is 16.4. The number of phenolic OH excluding ortho intramolecular Hbond substituents is 1. The van der Waals surface area contributed by atoms with Crippen molar-refractivity contribution in [3.8, 4) is 28.1 Å². The number of carboxylic acid groups (broad SMARTS) is 2. The average molecular weight is 443 g/mol. The fraction of sp³-hybridized carbons (Fsp3) is 0.0800. The van der Waals surface area contributed by atoms with E-state index in [0.717, 1.165) is 10.9 Å². The molecule has 8 nitrogen and oxygen atoms in total. The third-order valence-corrected chi connectivity index (χ3v) is 5.52. The molecule has 0 amide bonds. The molecule has 0 bridgehead atoms. The zero-order valence-electron chi connectivity index (χ0n) is 17.4. The third kappa shape index (κ3) is 4.27. The number of hydrogen-bond donors (Lipinski definition) is 6. The van der Waals surface area contributed by atoms with Crippen LogP contribution in [0.15, 0.2) is 66.7 Å². The Morgan fingerprint density at radius 3 is 2.30 bits per heavy atom. The number of nitrogen functional groups attached to an aromatic ring is 1. The average Bonchev–Trinajstić information content (AvgIpc) is 3.21. The second-order valence-electron chi connectivity index (χ2n) is 7.72. The number of hydrogen-bond acceptors (Lipinski definition) is 4. The molecule has 0 spiro atoms. The van der Waals surface area contributed by atoms with E-state index >= 15 is 0 Å². The first kappa shape index (κ1) is 21.6. The topological polar surface area (TPSA) is 160 Å². The number of fused-ring (bicyclic) bond motifs is 1. The van der Waals surface area contributed by atoms with Gasteiger partial charge in [-0.2, -0.15) is 0 Å². The van der Waals surface area contributed by atoms with Crippen molar-refractivity contribution in [1.29, 1.82) is 5.41 Å². The molecule has 0 aliphatic carbocycles. The number of aromatic amines is 1. The molecule has 4 rings (SSSR count). The maximum Gasteiger partial charge on any atom is 0.311 e. The molecule has 1 heterocycles. The highest BCUT2D eigenvalue weighted by molar-refractivity contribution is 6.00. The number of aromatic nitrogens is 1. The second kappa shape index (κ2) is 8.51. The maximum absolute atomic E-state index is 11.9. The second-order valence-corrected chi connectivity index (χ2v) is 7.72. The van der Waals surface area contributed by atoms with Crippen LogP contribution in [0.3, 0.4) is 0 Å². The highest BCUT2D eigenvalue weighted by Gasteiger charge is 2.26. The van der Waals surface area contributed by atoms with Crippen LogP contribution in [0.1, 0.15) is 23.5 Å². The number of carboxylic acids is 2. The number of nitrogens with one attached hydrogen (secondary N) is 2. The van der Waals surface area contributed by atoms with Gasteiger partial charge in [-0.25, -0.2) is 0 Å². The number of nitrogens with two attached hydrogens (primary N) is 1. The minimum absolute atomic E-state index is 0.0669. The SMILES string of the molecule is N=C(N)c1ccc2[nH]c(-c3cc([C@@H](CC(=O)O)C(=O)O)cc(-c4ccccc4)c3O)cc2c1. The van der Waals surface area contributed by atoms with Gasteiger partial charge in [-0.3, -0.25) is 15.0 Å². The Balaban J connectivity index is 1.95. The van der Waals surface area contributed by atoms with E-state index in [2.05, 4.69) is 4.98 Å². The molecule has 166 valence electrons. The van der Waals surface area contributed by atoms with Gasteiger partial charge in [0, 0.05) is 27.6 Å².